The Morgan fingerprint density at radius 2 is 1.74 bits per heavy atom. The minimum absolute atomic E-state index is 0.156. The number of rotatable bonds is 6. The second-order valence-electron chi connectivity index (χ2n) is 8.04. The average Bonchev–Trinajstić information content (AvgIpc) is 2.73. The van der Waals surface area contributed by atoms with E-state index in [4.69, 9.17) is 11.6 Å². The largest absolute Gasteiger partial charge is 0.368 e. The third-order valence-electron chi connectivity index (χ3n) is 5.82. The van der Waals surface area contributed by atoms with Crippen LogP contribution in [0.5, 0.6) is 0 Å². The highest BCUT2D eigenvalue weighted by Crippen LogP contribution is 2.27. The van der Waals surface area contributed by atoms with E-state index in [0.29, 0.717) is 43.3 Å². The molecular formula is C23H30ClN3O3S. The standard InChI is InChI=1S/C23H30ClN3O3S/c1-5-22(27(31(4,29)30)21-10-9-17(2)18(3)15-21)23(28)26-13-11-25(12-14-26)20-8-6-7-19(24)16-20/h6-10,15-16,22H,5,11-14H2,1-4H3/t22-/m1/s1. The second-order valence-corrected chi connectivity index (χ2v) is 10.3. The molecule has 168 valence electrons. The summed E-state index contributed by atoms with van der Waals surface area (Å²) in [5, 5.41) is 0.680. The van der Waals surface area contributed by atoms with Crippen molar-refractivity contribution in [2.45, 2.75) is 33.2 Å². The first kappa shape index (κ1) is 23.4. The molecule has 3 rings (SSSR count). The number of sulfonamides is 1. The monoisotopic (exact) mass is 463 g/mol. The first-order valence-electron chi connectivity index (χ1n) is 10.5. The fraction of sp³-hybridized carbons (Fsp3) is 0.435. The van der Waals surface area contributed by atoms with Crippen LogP contribution >= 0.6 is 11.6 Å². The molecule has 0 aliphatic carbocycles. The van der Waals surface area contributed by atoms with Crippen molar-refractivity contribution >= 4 is 38.9 Å². The molecule has 0 unspecified atom stereocenters. The van der Waals surface area contributed by atoms with Crippen LogP contribution in [0.4, 0.5) is 11.4 Å². The van der Waals surface area contributed by atoms with Crippen LogP contribution in [0.15, 0.2) is 42.5 Å². The fourth-order valence-corrected chi connectivity index (χ4v) is 5.36. The lowest BCUT2D eigenvalue weighted by Gasteiger charge is -2.39. The van der Waals surface area contributed by atoms with E-state index >= 15 is 0 Å². The molecule has 31 heavy (non-hydrogen) atoms. The Labute approximate surface area is 190 Å². The topological polar surface area (TPSA) is 60.9 Å². The number of piperazine rings is 1. The number of nitrogens with zero attached hydrogens (tertiary/aromatic N) is 3. The molecule has 0 saturated carbocycles. The summed E-state index contributed by atoms with van der Waals surface area (Å²) in [7, 11) is -3.64. The predicted octanol–water partition coefficient (Wildman–Crippen LogP) is 3.85. The average molecular weight is 464 g/mol. The summed E-state index contributed by atoms with van der Waals surface area (Å²) in [6.45, 7) is 8.18. The van der Waals surface area contributed by atoms with Crippen molar-refractivity contribution in [2.24, 2.45) is 0 Å². The number of hydrogen-bond donors (Lipinski definition) is 0. The zero-order chi connectivity index (χ0) is 22.8. The van der Waals surface area contributed by atoms with Gasteiger partial charge in [0.2, 0.25) is 15.9 Å². The third-order valence-corrected chi connectivity index (χ3v) is 7.24. The third kappa shape index (κ3) is 5.33. The van der Waals surface area contributed by atoms with Crippen LogP contribution in [-0.2, 0) is 14.8 Å². The quantitative estimate of drug-likeness (QED) is 0.652. The maximum Gasteiger partial charge on any atom is 0.246 e. The van der Waals surface area contributed by atoms with E-state index in [1.54, 1.807) is 11.0 Å². The van der Waals surface area contributed by atoms with Crippen LogP contribution in [0.3, 0.4) is 0 Å². The van der Waals surface area contributed by atoms with Crippen molar-refractivity contribution in [2.75, 3.05) is 41.6 Å². The Kier molecular flexibility index (Phi) is 7.17. The number of aryl methyl sites for hydroxylation is 2. The zero-order valence-corrected chi connectivity index (χ0v) is 20.1. The van der Waals surface area contributed by atoms with E-state index < -0.39 is 16.1 Å². The van der Waals surface area contributed by atoms with Crippen LogP contribution in [0.2, 0.25) is 5.02 Å². The Bertz CT molecular complexity index is 1050. The molecule has 1 aliphatic heterocycles. The lowest BCUT2D eigenvalue weighted by molar-refractivity contribution is -0.132. The maximum absolute atomic E-state index is 13.4. The molecule has 0 bridgehead atoms. The van der Waals surface area contributed by atoms with Crippen LogP contribution in [0.1, 0.15) is 24.5 Å². The number of anilines is 2. The minimum atomic E-state index is -3.64. The minimum Gasteiger partial charge on any atom is -0.368 e. The van der Waals surface area contributed by atoms with E-state index in [9.17, 15) is 13.2 Å². The van der Waals surface area contributed by atoms with Crippen molar-refractivity contribution in [3.05, 3.63) is 58.6 Å². The van der Waals surface area contributed by atoms with Gasteiger partial charge in [0, 0.05) is 36.9 Å². The van der Waals surface area contributed by atoms with Crippen molar-refractivity contribution in [1.29, 1.82) is 0 Å². The Morgan fingerprint density at radius 3 is 2.29 bits per heavy atom. The van der Waals surface area contributed by atoms with E-state index in [-0.39, 0.29) is 5.91 Å². The number of halogens is 1. The Balaban J connectivity index is 1.80. The van der Waals surface area contributed by atoms with Gasteiger partial charge in [0.1, 0.15) is 6.04 Å². The molecule has 1 atom stereocenters. The van der Waals surface area contributed by atoms with E-state index in [1.807, 2.05) is 57.2 Å². The number of amides is 1. The zero-order valence-electron chi connectivity index (χ0n) is 18.5. The molecule has 1 heterocycles. The van der Waals surface area contributed by atoms with Gasteiger partial charge < -0.3 is 9.80 Å². The molecule has 0 aromatic heterocycles. The van der Waals surface area contributed by atoms with Gasteiger partial charge in [0.05, 0.1) is 11.9 Å². The molecule has 1 aliphatic rings. The van der Waals surface area contributed by atoms with Crippen molar-refractivity contribution in [3.63, 3.8) is 0 Å². The Hall–Kier alpha value is -2.25. The van der Waals surface area contributed by atoms with Gasteiger partial charge >= 0.3 is 0 Å². The molecule has 1 amide bonds. The summed E-state index contributed by atoms with van der Waals surface area (Å²) in [6.07, 6.45) is 1.56. The molecule has 0 N–H and O–H groups in total. The smallest absolute Gasteiger partial charge is 0.246 e. The predicted molar refractivity (Wildman–Crippen MR) is 128 cm³/mol. The highest BCUT2D eigenvalue weighted by Gasteiger charge is 2.35. The van der Waals surface area contributed by atoms with E-state index in [1.165, 1.54) is 4.31 Å². The maximum atomic E-state index is 13.4. The van der Waals surface area contributed by atoms with Crippen LogP contribution < -0.4 is 9.21 Å². The van der Waals surface area contributed by atoms with Crippen LogP contribution in [-0.4, -0.2) is 57.7 Å². The van der Waals surface area contributed by atoms with Gasteiger partial charge in [-0.3, -0.25) is 9.10 Å². The highest BCUT2D eigenvalue weighted by molar-refractivity contribution is 7.92. The van der Waals surface area contributed by atoms with Crippen molar-refractivity contribution in [3.8, 4) is 0 Å². The number of hydrogen-bond acceptors (Lipinski definition) is 4. The second kappa shape index (κ2) is 9.49. The summed E-state index contributed by atoms with van der Waals surface area (Å²) < 4.78 is 26.7. The normalized spacial score (nSPS) is 15.6. The molecule has 8 heteroatoms. The summed E-state index contributed by atoms with van der Waals surface area (Å²) in [5.74, 6) is -0.156. The number of benzene rings is 2. The van der Waals surface area contributed by atoms with Crippen LogP contribution in [0, 0.1) is 13.8 Å². The molecule has 0 radical (unpaired) electrons. The molecule has 1 fully saturated rings. The van der Waals surface area contributed by atoms with Gasteiger partial charge in [-0.15, -0.1) is 0 Å². The van der Waals surface area contributed by atoms with Gasteiger partial charge in [-0.25, -0.2) is 8.42 Å². The van der Waals surface area contributed by atoms with Gasteiger partial charge in [0.15, 0.2) is 0 Å². The number of carbonyl (C=O) groups is 1. The summed E-state index contributed by atoms with van der Waals surface area (Å²) in [4.78, 5) is 17.4. The molecule has 6 nitrogen and oxygen atoms in total. The molecule has 2 aromatic carbocycles. The molecule has 0 spiro atoms. The van der Waals surface area contributed by atoms with Gasteiger partial charge in [-0.05, 0) is 61.7 Å². The highest BCUT2D eigenvalue weighted by atomic mass is 35.5. The first-order valence-corrected chi connectivity index (χ1v) is 12.7. The SMILES string of the molecule is CC[C@H](C(=O)N1CCN(c2cccc(Cl)c2)CC1)N(c1ccc(C)c(C)c1)S(C)(=O)=O. The molecule has 2 aromatic rings. The van der Waals surface area contributed by atoms with Gasteiger partial charge in [-0.1, -0.05) is 30.7 Å². The summed E-state index contributed by atoms with van der Waals surface area (Å²) in [5.41, 5.74) is 3.63. The van der Waals surface area contributed by atoms with Gasteiger partial charge in [-0.2, -0.15) is 0 Å². The summed E-state index contributed by atoms with van der Waals surface area (Å²) in [6, 6.07) is 12.4. The first-order chi connectivity index (χ1) is 14.6. The van der Waals surface area contributed by atoms with E-state index in [0.717, 1.165) is 23.1 Å². The van der Waals surface area contributed by atoms with Crippen molar-refractivity contribution in [1.82, 2.24) is 4.90 Å². The van der Waals surface area contributed by atoms with Crippen LogP contribution in [0.25, 0.3) is 0 Å². The van der Waals surface area contributed by atoms with Gasteiger partial charge in [0.25, 0.3) is 0 Å². The fourth-order valence-electron chi connectivity index (χ4n) is 3.97. The number of carbonyl (C=O) groups excluding carboxylic acids is 1. The van der Waals surface area contributed by atoms with Crippen molar-refractivity contribution < 1.29 is 13.2 Å². The van der Waals surface area contributed by atoms with E-state index in [2.05, 4.69) is 4.90 Å². The lowest BCUT2D eigenvalue weighted by atomic mass is 10.1. The Morgan fingerprint density at radius 1 is 1.06 bits per heavy atom. The molecule has 1 saturated heterocycles. The summed E-state index contributed by atoms with van der Waals surface area (Å²) >= 11 is 6.11. The molecular weight excluding hydrogens is 434 g/mol. The lowest BCUT2D eigenvalue weighted by Crippen LogP contribution is -2.56.